The van der Waals surface area contributed by atoms with Crippen LogP contribution >= 0.6 is 23.2 Å². The van der Waals surface area contributed by atoms with Crippen LogP contribution in [0.5, 0.6) is 0 Å². The predicted octanol–water partition coefficient (Wildman–Crippen LogP) is 2.86. The van der Waals surface area contributed by atoms with E-state index in [1.54, 1.807) is 4.68 Å². The Morgan fingerprint density at radius 1 is 0.897 bits per heavy atom. The maximum atomic E-state index is 12.6. The van der Waals surface area contributed by atoms with Crippen LogP contribution in [0.25, 0.3) is 5.69 Å². The lowest BCUT2D eigenvalue weighted by Crippen LogP contribution is -2.48. The fourth-order valence-corrected chi connectivity index (χ4v) is 3.58. The second-order valence-corrected chi connectivity index (χ2v) is 7.82. The molecule has 1 aromatic heterocycles. The number of hydrogen-bond acceptors (Lipinski definition) is 5. The zero-order valence-corrected chi connectivity index (χ0v) is 17.2. The number of rotatable bonds is 5. The summed E-state index contributed by atoms with van der Waals surface area (Å²) in [6.07, 6.45) is 0.395. The number of hydrogen-bond donors (Lipinski definition) is 0. The van der Waals surface area contributed by atoms with Crippen LogP contribution in [0.1, 0.15) is 11.4 Å². The van der Waals surface area contributed by atoms with Crippen LogP contribution in [0, 0.1) is 0 Å². The molecule has 2 aromatic carbocycles. The van der Waals surface area contributed by atoms with Crippen molar-refractivity contribution in [2.24, 2.45) is 0 Å². The maximum Gasteiger partial charge on any atom is 0.227 e. The molecule has 0 radical (unpaired) electrons. The number of carbonyl (C=O) groups excluding carboxylic acids is 1. The molecule has 0 saturated carbocycles. The van der Waals surface area contributed by atoms with Crippen molar-refractivity contribution >= 4 is 29.1 Å². The fraction of sp³-hybridized carbons (Fsp3) is 0.300. The van der Waals surface area contributed by atoms with Crippen molar-refractivity contribution in [3.63, 3.8) is 0 Å². The Bertz CT molecular complexity index is 965. The summed E-state index contributed by atoms with van der Waals surface area (Å²) in [5, 5.41) is 13.4. The first-order chi connectivity index (χ1) is 14.1. The summed E-state index contributed by atoms with van der Waals surface area (Å²) in [6, 6.07) is 14.8. The van der Waals surface area contributed by atoms with Gasteiger partial charge in [-0.2, -0.15) is 4.68 Å². The SMILES string of the molecule is O=C(Cc1ccc(Cl)cc1)N1CCN(Cc2nnnn2-c2ccc(Cl)cc2)CC1. The van der Waals surface area contributed by atoms with Crippen molar-refractivity contribution in [2.75, 3.05) is 26.2 Å². The number of benzene rings is 2. The first-order valence-corrected chi connectivity index (χ1v) is 10.1. The number of piperazine rings is 1. The van der Waals surface area contributed by atoms with Crippen LogP contribution in [-0.4, -0.2) is 62.1 Å². The van der Waals surface area contributed by atoms with Gasteiger partial charge in [-0.25, -0.2) is 0 Å². The second kappa shape index (κ2) is 8.90. The quantitative estimate of drug-likeness (QED) is 0.622. The molecule has 0 aliphatic carbocycles. The molecule has 0 bridgehead atoms. The van der Waals surface area contributed by atoms with Gasteiger partial charge in [0.25, 0.3) is 0 Å². The average molecular weight is 431 g/mol. The lowest BCUT2D eigenvalue weighted by molar-refractivity contribution is -0.132. The van der Waals surface area contributed by atoms with Gasteiger partial charge in [0.2, 0.25) is 5.91 Å². The van der Waals surface area contributed by atoms with Crippen LogP contribution < -0.4 is 0 Å². The number of tetrazole rings is 1. The van der Waals surface area contributed by atoms with Gasteiger partial charge in [0.1, 0.15) is 0 Å². The molecule has 2 heterocycles. The van der Waals surface area contributed by atoms with Crippen LogP contribution in [0.15, 0.2) is 48.5 Å². The van der Waals surface area contributed by atoms with E-state index < -0.39 is 0 Å². The van der Waals surface area contributed by atoms with Gasteiger partial charge >= 0.3 is 0 Å². The summed E-state index contributed by atoms with van der Waals surface area (Å²) in [6.45, 7) is 3.55. The smallest absolute Gasteiger partial charge is 0.227 e. The average Bonchev–Trinajstić information content (AvgIpc) is 3.19. The highest BCUT2D eigenvalue weighted by molar-refractivity contribution is 6.30. The topological polar surface area (TPSA) is 67.2 Å². The lowest BCUT2D eigenvalue weighted by Gasteiger charge is -2.34. The van der Waals surface area contributed by atoms with Gasteiger partial charge in [0, 0.05) is 36.2 Å². The predicted molar refractivity (Wildman–Crippen MR) is 111 cm³/mol. The molecule has 1 amide bonds. The Balaban J connectivity index is 1.32. The van der Waals surface area contributed by atoms with Gasteiger partial charge in [-0.05, 0) is 52.4 Å². The van der Waals surface area contributed by atoms with E-state index in [1.807, 2.05) is 53.4 Å². The monoisotopic (exact) mass is 430 g/mol. The number of aromatic nitrogens is 4. The van der Waals surface area contributed by atoms with Crippen LogP contribution in [0.2, 0.25) is 10.0 Å². The van der Waals surface area contributed by atoms with E-state index in [2.05, 4.69) is 20.4 Å². The molecule has 1 fully saturated rings. The van der Waals surface area contributed by atoms with Crippen molar-refractivity contribution in [1.29, 1.82) is 0 Å². The molecule has 1 aliphatic rings. The first-order valence-electron chi connectivity index (χ1n) is 9.36. The molecule has 0 spiro atoms. The number of amides is 1. The molecule has 9 heteroatoms. The van der Waals surface area contributed by atoms with Gasteiger partial charge in [-0.1, -0.05) is 35.3 Å². The summed E-state index contributed by atoms with van der Waals surface area (Å²) in [4.78, 5) is 16.7. The highest BCUT2D eigenvalue weighted by Gasteiger charge is 2.23. The lowest BCUT2D eigenvalue weighted by atomic mass is 10.1. The summed E-state index contributed by atoms with van der Waals surface area (Å²) in [5.74, 6) is 0.895. The highest BCUT2D eigenvalue weighted by atomic mass is 35.5. The van der Waals surface area contributed by atoms with Crippen molar-refractivity contribution in [2.45, 2.75) is 13.0 Å². The van der Waals surface area contributed by atoms with E-state index in [1.165, 1.54) is 0 Å². The zero-order chi connectivity index (χ0) is 20.2. The summed E-state index contributed by atoms with van der Waals surface area (Å²) in [7, 11) is 0. The first kappa shape index (κ1) is 19.8. The minimum atomic E-state index is 0.137. The second-order valence-electron chi connectivity index (χ2n) is 6.94. The molecular formula is C20H20Cl2N6O. The van der Waals surface area contributed by atoms with Gasteiger partial charge in [-0.3, -0.25) is 9.69 Å². The third-order valence-electron chi connectivity index (χ3n) is 4.96. The zero-order valence-electron chi connectivity index (χ0n) is 15.7. The molecule has 7 nitrogen and oxygen atoms in total. The number of nitrogens with zero attached hydrogens (tertiary/aromatic N) is 6. The van der Waals surface area contributed by atoms with Crippen molar-refractivity contribution in [3.8, 4) is 5.69 Å². The van der Waals surface area contributed by atoms with E-state index in [0.717, 1.165) is 30.2 Å². The van der Waals surface area contributed by atoms with E-state index in [-0.39, 0.29) is 5.91 Å². The van der Waals surface area contributed by atoms with Crippen molar-refractivity contribution in [1.82, 2.24) is 30.0 Å². The largest absolute Gasteiger partial charge is 0.340 e. The van der Waals surface area contributed by atoms with E-state index in [0.29, 0.717) is 36.1 Å². The summed E-state index contributed by atoms with van der Waals surface area (Å²) >= 11 is 11.9. The standard InChI is InChI=1S/C20H20Cl2N6O/c21-16-3-1-15(2-4-16)13-20(29)27-11-9-26(10-12-27)14-19-23-24-25-28(19)18-7-5-17(22)6-8-18/h1-8H,9-14H2. The van der Waals surface area contributed by atoms with Crippen LogP contribution in [0.4, 0.5) is 0 Å². The van der Waals surface area contributed by atoms with E-state index in [4.69, 9.17) is 23.2 Å². The molecule has 29 heavy (non-hydrogen) atoms. The number of halogens is 2. The van der Waals surface area contributed by atoms with Crippen molar-refractivity contribution in [3.05, 3.63) is 70.0 Å². The minimum Gasteiger partial charge on any atom is -0.340 e. The molecular weight excluding hydrogens is 411 g/mol. The fourth-order valence-electron chi connectivity index (χ4n) is 3.33. The molecule has 1 saturated heterocycles. The van der Waals surface area contributed by atoms with Crippen molar-refractivity contribution < 1.29 is 4.79 Å². The van der Waals surface area contributed by atoms with Gasteiger partial charge in [0.15, 0.2) is 5.82 Å². The Labute approximate surface area is 178 Å². The molecule has 4 rings (SSSR count). The molecule has 150 valence electrons. The molecule has 0 unspecified atom stereocenters. The third kappa shape index (κ3) is 4.93. The Morgan fingerprint density at radius 2 is 1.52 bits per heavy atom. The minimum absolute atomic E-state index is 0.137. The Hall–Kier alpha value is -2.48. The van der Waals surface area contributed by atoms with Crippen LogP contribution in [-0.2, 0) is 17.8 Å². The molecule has 1 aliphatic heterocycles. The summed E-state index contributed by atoms with van der Waals surface area (Å²) < 4.78 is 1.72. The Morgan fingerprint density at radius 3 is 2.17 bits per heavy atom. The normalized spacial score (nSPS) is 14.9. The van der Waals surface area contributed by atoms with Gasteiger partial charge in [0.05, 0.1) is 18.7 Å². The van der Waals surface area contributed by atoms with Crippen LogP contribution in [0.3, 0.4) is 0 Å². The van der Waals surface area contributed by atoms with E-state index in [9.17, 15) is 4.79 Å². The molecule has 0 N–H and O–H groups in total. The molecule has 3 aromatic rings. The maximum absolute atomic E-state index is 12.6. The Kier molecular flexibility index (Phi) is 6.08. The third-order valence-corrected chi connectivity index (χ3v) is 5.47. The number of carbonyl (C=O) groups is 1. The van der Waals surface area contributed by atoms with Gasteiger partial charge < -0.3 is 4.90 Å². The van der Waals surface area contributed by atoms with Gasteiger partial charge in [-0.15, -0.1) is 5.10 Å². The molecule has 0 atom stereocenters. The van der Waals surface area contributed by atoms with E-state index >= 15 is 0 Å². The highest BCUT2D eigenvalue weighted by Crippen LogP contribution is 2.16. The summed E-state index contributed by atoms with van der Waals surface area (Å²) in [5.41, 5.74) is 1.84.